The predicted molar refractivity (Wildman–Crippen MR) is 80.0 cm³/mol. The average Bonchev–Trinajstić information content (AvgIpc) is 2.38. The molecule has 19 heavy (non-hydrogen) atoms. The molecule has 106 valence electrons. The Morgan fingerprint density at radius 1 is 1.47 bits per heavy atom. The quantitative estimate of drug-likeness (QED) is 0.903. The highest BCUT2D eigenvalue weighted by Gasteiger charge is 2.34. The molecule has 1 aromatic rings. The van der Waals surface area contributed by atoms with E-state index in [1.807, 2.05) is 12.3 Å². The molecule has 0 aliphatic carbocycles. The molecule has 1 fully saturated rings. The summed E-state index contributed by atoms with van der Waals surface area (Å²) in [7, 11) is 0. The number of rotatable bonds is 4. The molecule has 2 rings (SSSR count). The van der Waals surface area contributed by atoms with E-state index in [0.717, 1.165) is 19.6 Å². The van der Waals surface area contributed by atoms with Crippen LogP contribution in [0.15, 0.2) is 24.4 Å². The predicted octanol–water partition coefficient (Wildman–Crippen LogP) is 2.68. The number of nitrogens with zero attached hydrogens (tertiary/aromatic N) is 2. The summed E-state index contributed by atoms with van der Waals surface area (Å²) in [5.41, 5.74) is 1.37. The topological polar surface area (TPSA) is 28.2 Å². The normalized spacial score (nSPS) is 25.2. The van der Waals surface area contributed by atoms with Crippen LogP contribution in [0.25, 0.3) is 0 Å². The lowest BCUT2D eigenvalue weighted by Crippen LogP contribution is -2.62. The fourth-order valence-corrected chi connectivity index (χ4v) is 2.90. The first kappa shape index (κ1) is 14.5. The van der Waals surface area contributed by atoms with E-state index < -0.39 is 0 Å². The molecule has 1 aliphatic rings. The van der Waals surface area contributed by atoms with E-state index in [-0.39, 0.29) is 5.54 Å². The molecule has 1 N–H and O–H groups in total. The van der Waals surface area contributed by atoms with Crippen LogP contribution in [0.3, 0.4) is 0 Å². The molecule has 3 nitrogen and oxygen atoms in total. The van der Waals surface area contributed by atoms with E-state index in [1.54, 1.807) is 0 Å². The fourth-order valence-electron chi connectivity index (χ4n) is 2.90. The van der Waals surface area contributed by atoms with E-state index in [1.165, 1.54) is 12.1 Å². The van der Waals surface area contributed by atoms with Gasteiger partial charge in [0.2, 0.25) is 0 Å². The summed E-state index contributed by atoms with van der Waals surface area (Å²) >= 11 is 0. The minimum atomic E-state index is 0.193. The summed E-state index contributed by atoms with van der Waals surface area (Å²) in [6.07, 6.45) is 3.12. The standard InChI is InChI=1S/C16H27N3/c1-5-13(2)15-10-18-16(3,4)12-19(15)11-14-8-6-7-9-17-14/h6-9,13,15,18H,5,10-12H2,1-4H3. The number of hydrogen-bond acceptors (Lipinski definition) is 3. The summed E-state index contributed by atoms with van der Waals surface area (Å²) in [5.74, 6) is 0.715. The summed E-state index contributed by atoms with van der Waals surface area (Å²) in [4.78, 5) is 7.08. The molecule has 1 aliphatic heterocycles. The minimum Gasteiger partial charge on any atom is -0.309 e. The van der Waals surface area contributed by atoms with Crippen LogP contribution >= 0.6 is 0 Å². The van der Waals surface area contributed by atoms with Gasteiger partial charge in [0, 0.05) is 37.4 Å². The van der Waals surface area contributed by atoms with Gasteiger partial charge < -0.3 is 5.32 Å². The Kier molecular flexibility index (Phi) is 4.58. The monoisotopic (exact) mass is 261 g/mol. The van der Waals surface area contributed by atoms with Crippen LogP contribution in [0.2, 0.25) is 0 Å². The molecular weight excluding hydrogens is 234 g/mol. The number of nitrogens with one attached hydrogen (secondary N) is 1. The van der Waals surface area contributed by atoms with Crippen LogP contribution in [0.1, 0.15) is 39.8 Å². The SMILES string of the molecule is CCC(C)C1CNC(C)(C)CN1Cc1ccccn1. The molecule has 0 amide bonds. The maximum absolute atomic E-state index is 4.48. The first-order chi connectivity index (χ1) is 9.02. The van der Waals surface area contributed by atoms with Gasteiger partial charge in [-0.3, -0.25) is 9.88 Å². The average molecular weight is 261 g/mol. The first-order valence-corrected chi connectivity index (χ1v) is 7.41. The van der Waals surface area contributed by atoms with Gasteiger partial charge in [-0.15, -0.1) is 0 Å². The van der Waals surface area contributed by atoms with Gasteiger partial charge in [-0.1, -0.05) is 26.3 Å². The lowest BCUT2D eigenvalue weighted by atomic mass is 9.90. The van der Waals surface area contributed by atoms with E-state index >= 15 is 0 Å². The Morgan fingerprint density at radius 2 is 2.26 bits per heavy atom. The molecule has 2 unspecified atom stereocenters. The van der Waals surface area contributed by atoms with Gasteiger partial charge in [-0.25, -0.2) is 0 Å². The highest BCUT2D eigenvalue weighted by atomic mass is 15.3. The van der Waals surface area contributed by atoms with Crippen LogP contribution < -0.4 is 5.32 Å². The van der Waals surface area contributed by atoms with Gasteiger partial charge in [0.25, 0.3) is 0 Å². The van der Waals surface area contributed by atoms with Crippen LogP contribution in [0, 0.1) is 5.92 Å². The van der Waals surface area contributed by atoms with E-state index in [4.69, 9.17) is 0 Å². The summed E-state index contributed by atoms with van der Waals surface area (Å²) in [6.45, 7) is 12.3. The summed E-state index contributed by atoms with van der Waals surface area (Å²) < 4.78 is 0. The second-order valence-electron chi connectivity index (χ2n) is 6.44. The molecule has 2 heterocycles. The Balaban J connectivity index is 2.11. The van der Waals surface area contributed by atoms with Gasteiger partial charge >= 0.3 is 0 Å². The third-order valence-electron chi connectivity index (χ3n) is 4.25. The van der Waals surface area contributed by atoms with Crippen molar-refractivity contribution in [3.05, 3.63) is 30.1 Å². The molecule has 0 radical (unpaired) electrons. The van der Waals surface area contributed by atoms with Gasteiger partial charge in [-0.05, 0) is 31.9 Å². The van der Waals surface area contributed by atoms with Gasteiger partial charge in [0.15, 0.2) is 0 Å². The Bertz CT molecular complexity index is 388. The van der Waals surface area contributed by atoms with Crippen molar-refractivity contribution in [2.75, 3.05) is 13.1 Å². The fraction of sp³-hybridized carbons (Fsp3) is 0.688. The molecule has 0 bridgehead atoms. The van der Waals surface area contributed by atoms with Crippen LogP contribution in [0.4, 0.5) is 0 Å². The Morgan fingerprint density at radius 3 is 2.89 bits per heavy atom. The van der Waals surface area contributed by atoms with E-state index in [2.05, 4.69) is 55.0 Å². The van der Waals surface area contributed by atoms with Crippen molar-refractivity contribution in [3.8, 4) is 0 Å². The lowest BCUT2D eigenvalue weighted by molar-refractivity contribution is 0.0561. The molecule has 0 aromatic carbocycles. The van der Waals surface area contributed by atoms with E-state index in [0.29, 0.717) is 12.0 Å². The maximum atomic E-state index is 4.48. The maximum Gasteiger partial charge on any atom is 0.0544 e. The van der Waals surface area contributed by atoms with Gasteiger partial charge in [0.1, 0.15) is 0 Å². The van der Waals surface area contributed by atoms with Crippen molar-refractivity contribution in [3.63, 3.8) is 0 Å². The molecule has 3 heteroatoms. The van der Waals surface area contributed by atoms with Crippen molar-refractivity contribution in [1.82, 2.24) is 15.2 Å². The van der Waals surface area contributed by atoms with Crippen molar-refractivity contribution in [2.45, 2.75) is 52.2 Å². The Hall–Kier alpha value is -0.930. The third kappa shape index (κ3) is 3.77. The van der Waals surface area contributed by atoms with Crippen molar-refractivity contribution < 1.29 is 0 Å². The van der Waals surface area contributed by atoms with Gasteiger partial charge in [0.05, 0.1) is 5.69 Å². The zero-order valence-electron chi connectivity index (χ0n) is 12.7. The van der Waals surface area contributed by atoms with E-state index in [9.17, 15) is 0 Å². The molecule has 0 spiro atoms. The van der Waals surface area contributed by atoms with Crippen molar-refractivity contribution in [2.24, 2.45) is 5.92 Å². The zero-order chi connectivity index (χ0) is 13.9. The molecular formula is C16H27N3. The second kappa shape index (κ2) is 6.02. The van der Waals surface area contributed by atoms with Crippen LogP contribution in [0.5, 0.6) is 0 Å². The van der Waals surface area contributed by atoms with Crippen LogP contribution in [-0.4, -0.2) is 34.6 Å². The number of pyridine rings is 1. The summed E-state index contributed by atoms with van der Waals surface area (Å²) in [6, 6.07) is 6.80. The van der Waals surface area contributed by atoms with Gasteiger partial charge in [-0.2, -0.15) is 0 Å². The smallest absolute Gasteiger partial charge is 0.0544 e. The number of aromatic nitrogens is 1. The molecule has 2 atom stereocenters. The first-order valence-electron chi connectivity index (χ1n) is 7.41. The lowest BCUT2D eigenvalue weighted by Gasteiger charge is -2.46. The molecule has 1 aromatic heterocycles. The largest absolute Gasteiger partial charge is 0.309 e. The summed E-state index contributed by atoms with van der Waals surface area (Å²) in [5, 5.41) is 3.68. The highest BCUT2D eigenvalue weighted by Crippen LogP contribution is 2.23. The second-order valence-corrected chi connectivity index (χ2v) is 6.44. The molecule has 1 saturated heterocycles. The van der Waals surface area contributed by atoms with Crippen LogP contribution in [-0.2, 0) is 6.54 Å². The molecule has 0 saturated carbocycles. The Labute approximate surface area is 117 Å². The van der Waals surface area contributed by atoms with Crippen molar-refractivity contribution in [1.29, 1.82) is 0 Å². The number of hydrogen-bond donors (Lipinski definition) is 1. The third-order valence-corrected chi connectivity index (χ3v) is 4.25. The highest BCUT2D eigenvalue weighted by molar-refractivity contribution is 5.05. The zero-order valence-corrected chi connectivity index (χ0v) is 12.7. The number of piperazine rings is 1. The van der Waals surface area contributed by atoms with Crippen molar-refractivity contribution >= 4 is 0 Å². The minimum absolute atomic E-state index is 0.193.